The minimum Gasteiger partial charge on any atom is -0.458 e. The summed E-state index contributed by atoms with van der Waals surface area (Å²) in [6.45, 7) is 1.77. The van der Waals surface area contributed by atoms with E-state index in [1.54, 1.807) is 23.7 Å². The zero-order chi connectivity index (χ0) is 20.9. The highest BCUT2D eigenvalue weighted by atomic mass is 32.1. The summed E-state index contributed by atoms with van der Waals surface area (Å²) in [5.41, 5.74) is 2.09. The summed E-state index contributed by atoms with van der Waals surface area (Å²) >= 11 is 2.77. The first kappa shape index (κ1) is 19.9. The number of amides is 2. The van der Waals surface area contributed by atoms with Crippen LogP contribution in [0.4, 0.5) is 5.13 Å². The topological polar surface area (TPSA) is 110 Å². The highest BCUT2D eigenvalue weighted by Crippen LogP contribution is 2.27. The molecule has 4 heterocycles. The Kier molecular flexibility index (Phi) is 5.96. The average Bonchev–Trinajstić information content (AvgIpc) is 3.48. The van der Waals surface area contributed by atoms with Gasteiger partial charge in [-0.2, -0.15) is 0 Å². The van der Waals surface area contributed by atoms with Crippen molar-refractivity contribution < 1.29 is 14.0 Å². The Balaban J connectivity index is 1.35. The number of aromatic nitrogens is 3. The summed E-state index contributed by atoms with van der Waals surface area (Å²) in [7, 11) is 0. The van der Waals surface area contributed by atoms with Crippen molar-refractivity contribution in [2.45, 2.75) is 19.9 Å². The Morgan fingerprint density at radius 1 is 1.07 bits per heavy atom. The first-order valence-corrected chi connectivity index (χ1v) is 10.8. The maximum Gasteiger partial charge on any atom is 0.232 e. The number of hydrogen-bond donors (Lipinski definition) is 2. The molecule has 0 aliphatic heterocycles. The van der Waals surface area contributed by atoms with E-state index in [0.717, 1.165) is 10.7 Å². The van der Waals surface area contributed by atoms with Crippen molar-refractivity contribution in [3.63, 3.8) is 0 Å². The molecule has 2 amide bonds. The molecule has 0 unspecified atom stereocenters. The van der Waals surface area contributed by atoms with Crippen LogP contribution >= 0.6 is 22.7 Å². The summed E-state index contributed by atoms with van der Waals surface area (Å²) in [6, 6.07) is 9.20. The van der Waals surface area contributed by atoms with E-state index in [4.69, 9.17) is 4.42 Å². The van der Waals surface area contributed by atoms with Crippen molar-refractivity contribution in [2.75, 3.05) is 5.32 Å². The standard InChI is InChI=1S/C20H17N5O3S2/c1-12(26)22-9-14-5-6-17(28-14)16-11-30-20(24-16)25-18(27)8-13-10-29-19(23-13)15-4-2-3-7-21-15/h2-7,10-11H,8-9H2,1H3,(H,22,26)(H,24,25,27). The Labute approximate surface area is 180 Å². The number of thiazole rings is 2. The van der Waals surface area contributed by atoms with Gasteiger partial charge in [-0.3, -0.25) is 14.6 Å². The molecule has 0 spiro atoms. The van der Waals surface area contributed by atoms with Crippen LogP contribution < -0.4 is 10.6 Å². The molecule has 0 aliphatic rings. The lowest BCUT2D eigenvalue weighted by Gasteiger charge is -1.99. The zero-order valence-corrected chi connectivity index (χ0v) is 17.5. The van der Waals surface area contributed by atoms with Crippen molar-refractivity contribution in [3.8, 4) is 22.2 Å². The van der Waals surface area contributed by atoms with E-state index in [0.29, 0.717) is 34.6 Å². The van der Waals surface area contributed by atoms with Crippen LogP contribution in [-0.4, -0.2) is 26.8 Å². The number of nitrogens with one attached hydrogen (secondary N) is 2. The van der Waals surface area contributed by atoms with Crippen LogP contribution in [0.25, 0.3) is 22.2 Å². The predicted molar refractivity (Wildman–Crippen MR) is 115 cm³/mol. The number of pyridine rings is 1. The minimum atomic E-state index is -0.195. The van der Waals surface area contributed by atoms with Crippen LogP contribution in [0.2, 0.25) is 0 Å². The van der Waals surface area contributed by atoms with Crippen LogP contribution in [0.5, 0.6) is 0 Å². The Bertz CT molecular complexity index is 1170. The maximum atomic E-state index is 12.4. The van der Waals surface area contributed by atoms with E-state index in [9.17, 15) is 9.59 Å². The fourth-order valence-electron chi connectivity index (χ4n) is 2.59. The molecule has 0 atom stereocenters. The molecule has 152 valence electrons. The third-order valence-corrected chi connectivity index (χ3v) is 5.62. The van der Waals surface area contributed by atoms with Gasteiger partial charge in [-0.1, -0.05) is 6.07 Å². The number of carbonyl (C=O) groups is 2. The van der Waals surface area contributed by atoms with E-state index in [-0.39, 0.29) is 18.2 Å². The molecule has 30 heavy (non-hydrogen) atoms. The third kappa shape index (κ3) is 4.97. The molecule has 4 rings (SSSR count). The van der Waals surface area contributed by atoms with Crippen LogP contribution in [-0.2, 0) is 22.6 Å². The van der Waals surface area contributed by atoms with E-state index in [1.807, 2.05) is 23.6 Å². The van der Waals surface area contributed by atoms with Gasteiger partial charge < -0.3 is 15.1 Å². The molecule has 0 bridgehead atoms. The fourth-order valence-corrected chi connectivity index (χ4v) is 4.10. The van der Waals surface area contributed by atoms with E-state index in [1.165, 1.54) is 29.6 Å². The van der Waals surface area contributed by atoms with Gasteiger partial charge in [0.05, 0.1) is 24.4 Å². The number of rotatable bonds is 7. The SMILES string of the molecule is CC(=O)NCc1ccc(-c2csc(NC(=O)Cc3csc(-c4ccccn4)n3)n2)o1. The van der Waals surface area contributed by atoms with Gasteiger partial charge in [0.25, 0.3) is 0 Å². The molecule has 0 saturated carbocycles. The summed E-state index contributed by atoms with van der Waals surface area (Å²) in [5.74, 6) is 0.885. The van der Waals surface area contributed by atoms with Crippen molar-refractivity contribution >= 4 is 39.6 Å². The molecule has 0 aliphatic carbocycles. The smallest absolute Gasteiger partial charge is 0.232 e. The lowest BCUT2D eigenvalue weighted by Crippen LogP contribution is -2.18. The Morgan fingerprint density at radius 2 is 1.97 bits per heavy atom. The van der Waals surface area contributed by atoms with Gasteiger partial charge in [0.2, 0.25) is 11.8 Å². The van der Waals surface area contributed by atoms with Gasteiger partial charge in [-0.15, -0.1) is 22.7 Å². The largest absolute Gasteiger partial charge is 0.458 e. The van der Waals surface area contributed by atoms with E-state index < -0.39 is 0 Å². The van der Waals surface area contributed by atoms with Crippen LogP contribution in [0, 0.1) is 0 Å². The minimum absolute atomic E-state index is 0.126. The van der Waals surface area contributed by atoms with Crippen molar-refractivity contribution in [3.05, 3.63) is 58.7 Å². The van der Waals surface area contributed by atoms with E-state index >= 15 is 0 Å². The number of nitrogens with zero attached hydrogens (tertiary/aromatic N) is 3. The second kappa shape index (κ2) is 8.97. The molecule has 0 aromatic carbocycles. The van der Waals surface area contributed by atoms with Gasteiger partial charge >= 0.3 is 0 Å². The summed E-state index contributed by atoms with van der Waals surface area (Å²) in [4.78, 5) is 36.5. The second-order valence-corrected chi connectivity index (χ2v) is 8.01. The zero-order valence-electron chi connectivity index (χ0n) is 15.9. The number of furan rings is 1. The van der Waals surface area contributed by atoms with Crippen molar-refractivity contribution in [1.29, 1.82) is 0 Å². The molecule has 8 nitrogen and oxygen atoms in total. The highest BCUT2D eigenvalue weighted by molar-refractivity contribution is 7.14. The average molecular weight is 440 g/mol. The van der Waals surface area contributed by atoms with Gasteiger partial charge in [0.15, 0.2) is 10.9 Å². The molecule has 10 heteroatoms. The fraction of sp³-hybridized carbons (Fsp3) is 0.150. The lowest BCUT2D eigenvalue weighted by atomic mass is 10.3. The van der Waals surface area contributed by atoms with Crippen molar-refractivity contribution in [1.82, 2.24) is 20.3 Å². The Morgan fingerprint density at radius 3 is 2.77 bits per heavy atom. The van der Waals surface area contributed by atoms with Gasteiger partial charge in [-0.05, 0) is 24.3 Å². The van der Waals surface area contributed by atoms with Crippen LogP contribution in [0.15, 0.2) is 51.7 Å². The number of hydrogen-bond acceptors (Lipinski definition) is 8. The lowest BCUT2D eigenvalue weighted by molar-refractivity contribution is -0.119. The van der Waals surface area contributed by atoms with Crippen LogP contribution in [0.3, 0.4) is 0 Å². The number of carbonyl (C=O) groups excluding carboxylic acids is 2. The highest BCUT2D eigenvalue weighted by Gasteiger charge is 2.13. The van der Waals surface area contributed by atoms with Crippen molar-refractivity contribution in [2.24, 2.45) is 0 Å². The molecular formula is C20H17N5O3S2. The maximum absolute atomic E-state index is 12.4. The quantitative estimate of drug-likeness (QED) is 0.454. The first-order valence-electron chi connectivity index (χ1n) is 9.01. The van der Waals surface area contributed by atoms with Gasteiger partial charge in [0, 0.05) is 23.9 Å². The van der Waals surface area contributed by atoms with Crippen LogP contribution in [0.1, 0.15) is 18.4 Å². The molecule has 0 radical (unpaired) electrons. The van der Waals surface area contributed by atoms with E-state index in [2.05, 4.69) is 25.6 Å². The number of anilines is 1. The summed E-state index contributed by atoms with van der Waals surface area (Å²) in [6.07, 6.45) is 1.87. The molecular weight excluding hydrogens is 422 g/mol. The molecule has 0 fully saturated rings. The Hall–Kier alpha value is -3.37. The molecule has 2 N–H and O–H groups in total. The normalized spacial score (nSPS) is 10.7. The van der Waals surface area contributed by atoms with Gasteiger partial charge in [0.1, 0.15) is 16.5 Å². The first-order chi connectivity index (χ1) is 14.6. The van der Waals surface area contributed by atoms with Gasteiger partial charge in [-0.25, -0.2) is 9.97 Å². The third-order valence-electron chi connectivity index (χ3n) is 3.95. The summed E-state index contributed by atoms with van der Waals surface area (Å²) < 4.78 is 5.68. The predicted octanol–water partition coefficient (Wildman–Crippen LogP) is 3.74. The molecule has 0 saturated heterocycles. The molecule has 4 aromatic rings. The molecule has 4 aromatic heterocycles. The monoisotopic (exact) mass is 439 g/mol. The summed E-state index contributed by atoms with van der Waals surface area (Å²) in [5, 5.41) is 10.4. The second-order valence-electron chi connectivity index (χ2n) is 6.30.